The largest absolute Gasteiger partial charge is 0.325 e. The Bertz CT molecular complexity index is 885. The summed E-state index contributed by atoms with van der Waals surface area (Å²) in [7, 11) is 0. The van der Waals surface area contributed by atoms with E-state index in [0.717, 1.165) is 5.56 Å². The van der Waals surface area contributed by atoms with E-state index in [2.05, 4.69) is 10.6 Å². The molecule has 6 nitrogen and oxygen atoms in total. The molecule has 2 N–H and O–H groups in total. The molecule has 154 valence electrons. The van der Waals surface area contributed by atoms with Crippen LogP contribution in [-0.4, -0.2) is 60.9 Å². The topological polar surface area (TPSA) is 64.7 Å². The standard InChI is InChI=1S/C21H24ClFN4O2/c1-15-5-6-19(18(22)11-15)25-21(29)14-27-9-7-26(8-10-27)13-20(28)24-17-4-2-3-16(23)12-17/h2-6,11-12H,7-10,13-14H2,1H3,(H,24,28)(H,25,29). The molecule has 2 amide bonds. The molecular weight excluding hydrogens is 395 g/mol. The number of halogens is 2. The number of carbonyl (C=O) groups excluding carboxylic acids is 2. The van der Waals surface area contributed by atoms with Crippen LogP contribution < -0.4 is 10.6 Å². The molecule has 0 bridgehead atoms. The van der Waals surface area contributed by atoms with Gasteiger partial charge in [-0.25, -0.2) is 4.39 Å². The fourth-order valence-electron chi connectivity index (χ4n) is 3.19. The van der Waals surface area contributed by atoms with Crippen molar-refractivity contribution in [1.82, 2.24) is 9.80 Å². The maximum Gasteiger partial charge on any atom is 0.238 e. The summed E-state index contributed by atoms with van der Waals surface area (Å²) >= 11 is 6.16. The third-order valence-electron chi connectivity index (χ3n) is 4.71. The predicted molar refractivity (Wildman–Crippen MR) is 113 cm³/mol. The van der Waals surface area contributed by atoms with Gasteiger partial charge >= 0.3 is 0 Å². The summed E-state index contributed by atoms with van der Waals surface area (Å²) in [5.41, 5.74) is 2.08. The van der Waals surface area contributed by atoms with Crippen molar-refractivity contribution in [3.05, 3.63) is 58.9 Å². The van der Waals surface area contributed by atoms with Crippen molar-refractivity contribution in [2.24, 2.45) is 0 Å². The first-order valence-corrected chi connectivity index (χ1v) is 9.83. The van der Waals surface area contributed by atoms with Gasteiger partial charge in [-0.15, -0.1) is 0 Å². The van der Waals surface area contributed by atoms with E-state index in [1.54, 1.807) is 18.2 Å². The van der Waals surface area contributed by atoms with E-state index in [9.17, 15) is 14.0 Å². The van der Waals surface area contributed by atoms with Crippen LogP contribution in [-0.2, 0) is 9.59 Å². The molecule has 2 aromatic carbocycles. The third-order valence-corrected chi connectivity index (χ3v) is 5.02. The number of benzene rings is 2. The Labute approximate surface area is 174 Å². The normalized spacial score (nSPS) is 15.1. The second-order valence-electron chi connectivity index (χ2n) is 7.14. The Balaban J connectivity index is 1.40. The van der Waals surface area contributed by atoms with Crippen molar-refractivity contribution in [2.45, 2.75) is 6.92 Å². The molecule has 1 fully saturated rings. The number of aryl methyl sites for hydroxylation is 1. The van der Waals surface area contributed by atoms with Crippen LogP contribution in [0, 0.1) is 12.7 Å². The number of rotatable bonds is 6. The van der Waals surface area contributed by atoms with Gasteiger partial charge in [-0.05, 0) is 42.8 Å². The lowest BCUT2D eigenvalue weighted by Gasteiger charge is -2.33. The van der Waals surface area contributed by atoms with Gasteiger partial charge in [-0.2, -0.15) is 0 Å². The zero-order chi connectivity index (χ0) is 20.8. The molecule has 3 rings (SSSR count). The average Bonchev–Trinajstić information content (AvgIpc) is 2.65. The van der Waals surface area contributed by atoms with Crippen molar-refractivity contribution in [2.75, 3.05) is 49.9 Å². The molecule has 8 heteroatoms. The number of hydrogen-bond acceptors (Lipinski definition) is 4. The number of anilines is 2. The molecule has 1 saturated heterocycles. The minimum Gasteiger partial charge on any atom is -0.325 e. The zero-order valence-electron chi connectivity index (χ0n) is 16.3. The summed E-state index contributed by atoms with van der Waals surface area (Å²) < 4.78 is 13.2. The van der Waals surface area contributed by atoms with Gasteiger partial charge in [-0.3, -0.25) is 19.4 Å². The van der Waals surface area contributed by atoms with Crippen molar-refractivity contribution >= 4 is 34.8 Å². The van der Waals surface area contributed by atoms with E-state index in [0.29, 0.717) is 42.6 Å². The first-order valence-electron chi connectivity index (χ1n) is 9.45. The fourth-order valence-corrected chi connectivity index (χ4v) is 3.47. The molecule has 29 heavy (non-hydrogen) atoms. The van der Waals surface area contributed by atoms with Gasteiger partial charge in [0.1, 0.15) is 5.82 Å². The molecule has 0 aromatic heterocycles. The molecular formula is C21H24ClFN4O2. The summed E-state index contributed by atoms with van der Waals surface area (Å²) in [5, 5.41) is 6.06. The number of carbonyl (C=O) groups is 2. The number of nitrogens with zero attached hydrogens (tertiary/aromatic N) is 2. The minimum atomic E-state index is -0.387. The smallest absolute Gasteiger partial charge is 0.238 e. The highest BCUT2D eigenvalue weighted by Gasteiger charge is 2.21. The zero-order valence-corrected chi connectivity index (χ0v) is 17.0. The molecule has 0 spiro atoms. The maximum atomic E-state index is 13.2. The molecule has 2 aromatic rings. The molecule has 0 saturated carbocycles. The molecule has 1 aliphatic heterocycles. The van der Waals surface area contributed by atoms with Gasteiger partial charge in [0.05, 0.1) is 23.8 Å². The van der Waals surface area contributed by atoms with Gasteiger partial charge in [0.2, 0.25) is 11.8 Å². The van der Waals surface area contributed by atoms with Crippen LogP contribution in [0.2, 0.25) is 5.02 Å². The van der Waals surface area contributed by atoms with Crippen molar-refractivity contribution in [1.29, 1.82) is 0 Å². The molecule has 1 aliphatic rings. The van der Waals surface area contributed by atoms with E-state index < -0.39 is 0 Å². The van der Waals surface area contributed by atoms with Crippen LogP contribution in [0.3, 0.4) is 0 Å². The van der Waals surface area contributed by atoms with E-state index >= 15 is 0 Å². The van der Waals surface area contributed by atoms with E-state index in [1.807, 2.05) is 28.9 Å². The lowest BCUT2D eigenvalue weighted by Crippen LogP contribution is -2.50. The van der Waals surface area contributed by atoms with Crippen LogP contribution in [0.25, 0.3) is 0 Å². The fraction of sp³-hybridized carbons (Fsp3) is 0.333. The Morgan fingerprint density at radius 3 is 2.17 bits per heavy atom. The number of piperazine rings is 1. The predicted octanol–water partition coefficient (Wildman–Crippen LogP) is 2.98. The molecule has 1 heterocycles. The van der Waals surface area contributed by atoms with Crippen LogP contribution in [0.1, 0.15) is 5.56 Å². The third kappa shape index (κ3) is 6.52. The SMILES string of the molecule is Cc1ccc(NC(=O)CN2CCN(CC(=O)Nc3cccc(F)c3)CC2)c(Cl)c1. The monoisotopic (exact) mass is 418 g/mol. The van der Waals surface area contributed by atoms with Crippen molar-refractivity contribution in [3.63, 3.8) is 0 Å². The van der Waals surface area contributed by atoms with Crippen LogP contribution in [0.5, 0.6) is 0 Å². The van der Waals surface area contributed by atoms with Crippen LogP contribution in [0.15, 0.2) is 42.5 Å². The van der Waals surface area contributed by atoms with Gasteiger partial charge < -0.3 is 10.6 Å². The maximum absolute atomic E-state index is 13.2. The van der Waals surface area contributed by atoms with E-state index in [1.165, 1.54) is 12.1 Å². The Kier molecular flexibility index (Phi) is 7.19. The lowest BCUT2D eigenvalue weighted by molar-refractivity contribution is -0.120. The number of hydrogen-bond donors (Lipinski definition) is 2. The molecule has 0 aliphatic carbocycles. The Morgan fingerprint density at radius 1 is 0.966 bits per heavy atom. The van der Waals surface area contributed by atoms with Gasteiger partial charge in [0, 0.05) is 31.9 Å². The van der Waals surface area contributed by atoms with Crippen LogP contribution >= 0.6 is 11.6 Å². The summed E-state index contributed by atoms with van der Waals surface area (Å²) in [4.78, 5) is 28.5. The summed E-state index contributed by atoms with van der Waals surface area (Å²) in [6.45, 7) is 5.16. The quantitative estimate of drug-likeness (QED) is 0.757. The second kappa shape index (κ2) is 9.82. The van der Waals surface area contributed by atoms with Crippen LogP contribution in [0.4, 0.5) is 15.8 Å². The number of nitrogens with one attached hydrogen (secondary N) is 2. The highest BCUT2D eigenvalue weighted by atomic mass is 35.5. The van der Waals surface area contributed by atoms with Crippen molar-refractivity contribution < 1.29 is 14.0 Å². The van der Waals surface area contributed by atoms with Gasteiger partial charge in [0.15, 0.2) is 0 Å². The van der Waals surface area contributed by atoms with E-state index in [-0.39, 0.29) is 30.7 Å². The average molecular weight is 419 g/mol. The van der Waals surface area contributed by atoms with E-state index in [4.69, 9.17) is 11.6 Å². The minimum absolute atomic E-state index is 0.118. The second-order valence-corrected chi connectivity index (χ2v) is 7.55. The highest BCUT2D eigenvalue weighted by Crippen LogP contribution is 2.22. The lowest BCUT2D eigenvalue weighted by atomic mass is 10.2. The van der Waals surface area contributed by atoms with Gasteiger partial charge in [-0.1, -0.05) is 23.7 Å². The van der Waals surface area contributed by atoms with Gasteiger partial charge in [0.25, 0.3) is 0 Å². The Morgan fingerprint density at radius 2 is 1.59 bits per heavy atom. The Hall–Kier alpha value is -2.48. The summed E-state index contributed by atoms with van der Waals surface area (Å²) in [6, 6.07) is 11.3. The number of amides is 2. The molecule has 0 unspecified atom stereocenters. The molecule has 0 radical (unpaired) electrons. The first-order chi connectivity index (χ1) is 13.9. The summed E-state index contributed by atoms with van der Waals surface area (Å²) in [6.07, 6.45) is 0. The molecule has 0 atom stereocenters. The highest BCUT2D eigenvalue weighted by molar-refractivity contribution is 6.33. The summed E-state index contributed by atoms with van der Waals surface area (Å²) in [5.74, 6) is -0.689. The van der Waals surface area contributed by atoms with Crippen molar-refractivity contribution in [3.8, 4) is 0 Å². The first kappa shape index (κ1) is 21.2.